The molecule has 0 spiro atoms. The number of ether oxygens (including phenoxy) is 1. The molecule has 3 aromatic rings. The van der Waals surface area contributed by atoms with Crippen LogP contribution in [-0.2, 0) is 5.41 Å². The lowest BCUT2D eigenvalue weighted by atomic mass is 9.64. The smallest absolute Gasteiger partial charge is 0.159 e. The fourth-order valence-electron chi connectivity index (χ4n) is 3.66. The fourth-order valence-corrected chi connectivity index (χ4v) is 3.66. The van der Waals surface area contributed by atoms with Crippen LogP contribution in [0.15, 0.2) is 49.1 Å². The van der Waals surface area contributed by atoms with E-state index in [-0.39, 0.29) is 5.41 Å². The van der Waals surface area contributed by atoms with Gasteiger partial charge in [0.25, 0.3) is 0 Å². The summed E-state index contributed by atoms with van der Waals surface area (Å²) in [5.41, 5.74) is 1.37. The maximum atomic E-state index is 5.59. The third-order valence-electron chi connectivity index (χ3n) is 5.29. The van der Waals surface area contributed by atoms with E-state index < -0.39 is 0 Å². The molecule has 1 saturated carbocycles. The molecule has 0 saturated heterocycles. The van der Waals surface area contributed by atoms with Crippen LogP contribution in [0.25, 0.3) is 5.82 Å². The summed E-state index contributed by atoms with van der Waals surface area (Å²) in [7, 11) is 1.74. The Kier molecular flexibility index (Phi) is 4.32. The van der Waals surface area contributed by atoms with Crippen molar-refractivity contribution in [3.63, 3.8) is 0 Å². The Labute approximate surface area is 153 Å². The summed E-state index contributed by atoms with van der Waals surface area (Å²) in [6, 6.07) is 8.32. The number of nitrogens with zero attached hydrogens (tertiary/aromatic N) is 4. The van der Waals surface area contributed by atoms with Crippen molar-refractivity contribution in [3.8, 4) is 11.6 Å². The van der Waals surface area contributed by atoms with E-state index in [2.05, 4.69) is 27.4 Å². The summed E-state index contributed by atoms with van der Waals surface area (Å²) in [6.07, 6.45) is 10.7. The van der Waals surface area contributed by atoms with Gasteiger partial charge in [-0.2, -0.15) is 0 Å². The first-order valence-corrected chi connectivity index (χ1v) is 8.92. The number of anilines is 1. The first-order chi connectivity index (χ1) is 12.7. The van der Waals surface area contributed by atoms with Crippen LogP contribution in [0.3, 0.4) is 0 Å². The number of methoxy groups -OCH3 is 1. The van der Waals surface area contributed by atoms with Gasteiger partial charge in [-0.1, -0.05) is 24.6 Å². The number of hydrogen-bond acceptors (Lipinski definition) is 5. The van der Waals surface area contributed by atoms with Crippen LogP contribution in [-0.4, -0.2) is 33.2 Å². The Morgan fingerprint density at radius 3 is 2.77 bits per heavy atom. The molecule has 0 amide bonds. The van der Waals surface area contributed by atoms with Crippen LogP contribution >= 0.6 is 0 Å². The summed E-state index contributed by atoms with van der Waals surface area (Å²) < 4.78 is 7.52. The zero-order valence-electron chi connectivity index (χ0n) is 15.1. The van der Waals surface area contributed by atoms with E-state index in [4.69, 9.17) is 9.72 Å². The molecule has 0 aliphatic heterocycles. The van der Waals surface area contributed by atoms with Crippen molar-refractivity contribution in [1.82, 2.24) is 19.5 Å². The Balaban J connectivity index is 1.56. The van der Waals surface area contributed by atoms with Gasteiger partial charge in [0, 0.05) is 29.9 Å². The molecule has 6 nitrogen and oxygen atoms in total. The summed E-state index contributed by atoms with van der Waals surface area (Å²) in [5, 5.41) is 3.50. The quantitative estimate of drug-likeness (QED) is 0.738. The SMILES string of the molecule is COc1ccccc1C1(CNc2cncc(-n3ccnc3C)n2)CCC1. The average molecular weight is 349 g/mol. The lowest BCUT2D eigenvalue weighted by molar-refractivity contribution is 0.250. The van der Waals surface area contributed by atoms with Gasteiger partial charge in [0.2, 0.25) is 0 Å². The van der Waals surface area contributed by atoms with E-state index in [0.29, 0.717) is 0 Å². The number of hydrogen-bond donors (Lipinski definition) is 1. The molecular weight excluding hydrogens is 326 g/mol. The minimum Gasteiger partial charge on any atom is -0.496 e. The Morgan fingerprint density at radius 2 is 2.08 bits per heavy atom. The van der Waals surface area contributed by atoms with Gasteiger partial charge in [-0.25, -0.2) is 9.97 Å². The highest BCUT2D eigenvalue weighted by molar-refractivity contribution is 5.44. The monoisotopic (exact) mass is 349 g/mol. The summed E-state index contributed by atoms with van der Waals surface area (Å²) in [6.45, 7) is 2.77. The minimum atomic E-state index is 0.0925. The first-order valence-electron chi connectivity index (χ1n) is 8.92. The predicted molar refractivity (Wildman–Crippen MR) is 101 cm³/mol. The van der Waals surface area contributed by atoms with Crippen molar-refractivity contribution in [2.45, 2.75) is 31.6 Å². The second-order valence-electron chi connectivity index (χ2n) is 6.79. The average Bonchev–Trinajstić information content (AvgIpc) is 3.07. The molecule has 1 aliphatic rings. The van der Waals surface area contributed by atoms with Crippen molar-refractivity contribution >= 4 is 5.82 Å². The standard InChI is InChI=1S/C20H23N5O/c1-15-22-10-11-25(15)19-13-21-12-18(24-19)23-14-20(8-5-9-20)16-6-3-4-7-17(16)26-2/h3-4,6-7,10-13H,5,8-9,14H2,1-2H3,(H,23,24). The van der Waals surface area contributed by atoms with E-state index in [1.165, 1.54) is 12.0 Å². The molecule has 26 heavy (non-hydrogen) atoms. The number of aryl methyl sites for hydroxylation is 1. The first kappa shape index (κ1) is 16.6. The number of benzene rings is 1. The Hall–Kier alpha value is -2.89. The number of aromatic nitrogens is 4. The van der Waals surface area contributed by atoms with Crippen molar-refractivity contribution < 1.29 is 4.74 Å². The molecule has 134 valence electrons. The fraction of sp³-hybridized carbons (Fsp3) is 0.350. The van der Waals surface area contributed by atoms with Crippen molar-refractivity contribution in [1.29, 1.82) is 0 Å². The molecule has 0 unspecified atom stereocenters. The summed E-state index contributed by atoms with van der Waals surface area (Å²) >= 11 is 0. The molecular formula is C20H23N5O. The van der Waals surface area contributed by atoms with Gasteiger partial charge in [-0.05, 0) is 25.8 Å². The highest BCUT2D eigenvalue weighted by Crippen LogP contribution is 2.47. The van der Waals surface area contributed by atoms with Crippen molar-refractivity contribution in [3.05, 3.63) is 60.4 Å². The van der Waals surface area contributed by atoms with Crippen LogP contribution in [0.5, 0.6) is 5.75 Å². The van der Waals surface area contributed by atoms with Gasteiger partial charge in [-0.15, -0.1) is 0 Å². The van der Waals surface area contributed by atoms with Gasteiger partial charge in [0.15, 0.2) is 5.82 Å². The molecule has 1 N–H and O–H groups in total. The van der Waals surface area contributed by atoms with Gasteiger partial charge in [-0.3, -0.25) is 9.55 Å². The van der Waals surface area contributed by atoms with Crippen LogP contribution in [0.4, 0.5) is 5.82 Å². The Bertz CT molecular complexity index is 900. The van der Waals surface area contributed by atoms with Gasteiger partial charge in [0.05, 0.1) is 19.5 Å². The van der Waals surface area contributed by atoms with Crippen molar-refractivity contribution in [2.24, 2.45) is 0 Å². The van der Waals surface area contributed by atoms with Crippen molar-refractivity contribution in [2.75, 3.05) is 19.0 Å². The van der Waals surface area contributed by atoms with Gasteiger partial charge < -0.3 is 10.1 Å². The number of imidazole rings is 1. The highest BCUT2D eigenvalue weighted by atomic mass is 16.5. The normalized spacial score (nSPS) is 15.3. The zero-order chi connectivity index (χ0) is 18.0. The molecule has 1 aliphatic carbocycles. The van der Waals surface area contributed by atoms with Gasteiger partial charge in [0.1, 0.15) is 17.4 Å². The lowest BCUT2D eigenvalue weighted by Gasteiger charge is -2.43. The third-order valence-corrected chi connectivity index (χ3v) is 5.29. The molecule has 1 fully saturated rings. The Morgan fingerprint density at radius 1 is 1.23 bits per heavy atom. The summed E-state index contributed by atoms with van der Waals surface area (Å²) in [4.78, 5) is 13.3. The lowest BCUT2D eigenvalue weighted by Crippen LogP contribution is -2.41. The van der Waals surface area contributed by atoms with Crippen LogP contribution < -0.4 is 10.1 Å². The molecule has 6 heteroatoms. The maximum absolute atomic E-state index is 5.59. The van der Waals surface area contributed by atoms with E-state index in [9.17, 15) is 0 Å². The summed E-state index contributed by atoms with van der Waals surface area (Å²) in [5.74, 6) is 3.39. The molecule has 0 atom stereocenters. The predicted octanol–water partition coefficient (Wildman–Crippen LogP) is 3.51. The van der Waals surface area contributed by atoms with E-state index >= 15 is 0 Å². The molecule has 4 rings (SSSR count). The number of para-hydroxylation sites is 1. The largest absolute Gasteiger partial charge is 0.496 e. The molecule has 0 radical (unpaired) electrons. The van der Waals surface area contributed by atoms with Crippen LogP contribution in [0.1, 0.15) is 30.7 Å². The topological polar surface area (TPSA) is 64.9 Å². The van der Waals surface area contributed by atoms with Crippen LogP contribution in [0, 0.1) is 6.92 Å². The van der Waals surface area contributed by atoms with E-state index in [0.717, 1.165) is 42.6 Å². The minimum absolute atomic E-state index is 0.0925. The molecule has 0 bridgehead atoms. The van der Waals surface area contributed by atoms with E-state index in [1.54, 1.807) is 25.7 Å². The molecule has 2 heterocycles. The molecule has 2 aromatic heterocycles. The number of nitrogens with one attached hydrogen (secondary N) is 1. The second kappa shape index (κ2) is 6.78. The molecule has 1 aromatic carbocycles. The second-order valence-corrected chi connectivity index (χ2v) is 6.79. The van der Waals surface area contributed by atoms with Crippen LogP contribution in [0.2, 0.25) is 0 Å². The van der Waals surface area contributed by atoms with Gasteiger partial charge >= 0.3 is 0 Å². The zero-order valence-corrected chi connectivity index (χ0v) is 15.1. The number of rotatable bonds is 6. The maximum Gasteiger partial charge on any atom is 0.159 e. The van der Waals surface area contributed by atoms with E-state index in [1.807, 2.05) is 29.8 Å². The third kappa shape index (κ3) is 2.92. The highest BCUT2D eigenvalue weighted by Gasteiger charge is 2.40.